The van der Waals surface area contributed by atoms with E-state index in [4.69, 9.17) is 0 Å². The summed E-state index contributed by atoms with van der Waals surface area (Å²) >= 11 is 0. The van der Waals surface area contributed by atoms with Crippen molar-refractivity contribution in [3.05, 3.63) is 0 Å². The topological polar surface area (TPSA) is 15.3 Å². The van der Waals surface area contributed by atoms with Crippen molar-refractivity contribution >= 4 is 10.2 Å². The number of piperazine rings is 1. The zero-order valence-corrected chi connectivity index (χ0v) is 9.28. The third-order valence-electron chi connectivity index (χ3n) is 2.07. The monoisotopic (exact) mass is 158 g/mol. The molecule has 1 fully saturated rings. The molecule has 1 aliphatic rings. The van der Waals surface area contributed by atoms with E-state index in [1.165, 1.54) is 36.4 Å². The lowest BCUT2D eigenvalue weighted by molar-refractivity contribution is 0.166. The van der Waals surface area contributed by atoms with Gasteiger partial charge in [-0.15, -0.1) is 0 Å². The van der Waals surface area contributed by atoms with Crippen LogP contribution in [0.25, 0.3) is 0 Å². The third kappa shape index (κ3) is 2.07. The fourth-order valence-electron chi connectivity index (χ4n) is 1.34. The largest absolute Gasteiger partial charge is 0.314 e. The Morgan fingerprint density at radius 2 is 1.80 bits per heavy atom. The second-order valence-corrected chi connectivity index (χ2v) is 6.36. The van der Waals surface area contributed by atoms with E-state index < -0.39 is 0 Å². The molecule has 0 aromatic rings. The smallest absolute Gasteiger partial charge is 0.0276 e. The van der Waals surface area contributed by atoms with Crippen LogP contribution >= 0.6 is 0 Å². The molecule has 1 heterocycles. The van der Waals surface area contributed by atoms with Gasteiger partial charge in [0, 0.05) is 36.4 Å². The number of rotatable bonds is 1. The van der Waals surface area contributed by atoms with Gasteiger partial charge in [-0.3, -0.25) is 4.90 Å². The Balaban J connectivity index is 2.39. The van der Waals surface area contributed by atoms with Gasteiger partial charge in [0.25, 0.3) is 0 Å². The fourth-order valence-corrected chi connectivity index (χ4v) is 1.78. The second-order valence-electron chi connectivity index (χ2n) is 3.91. The molecule has 0 aromatic carbocycles. The predicted octanol–water partition coefficient (Wildman–Crippen LogP) is -1.01. The highest BCUT2D eigenvalue weighted by Gasteiger charge is 2.21. The molecule has 10 heavy (non-hydrogen) atoms. The van der Waals surface area contributed by atoms with Crippen LogP contribution in [0.3, 0.4) is 0 Å². The summed E-state index contributed by atoms with van der Waals surface area (Å²) < 4.78 is 0. The van der Waals surface area contributed by atoms with Crippen LogP contribution in [0.15, 0.2) is 0 Å². The molecule has 0 unspecified atom stereocenters. The number of hydrogen-bond acceptors (Lipinski definition) is 2. The molecule has 3 heteroatoms. The Morgan fingerprint density at radius 1 is 1.30 bits per heavy atom. The molecule has 1 aliphatic heterocycles. The molecular formula is C7H18N2Si. The normalized spacial score (nSPS) is 23.4. The van der Waals surface area contributed by atoms with Crippen LogP contribution in [0, 0.1) is 0 Å². The standard InChI is InChI=1S/C7H18N2Si/c1-7(2,10)9-5-3-8-4-6-9/h8H,3-6H2,1-2,10H3. The van der Waals surface area contributed by atoms with Crippen molar-refractivity contribution in [1.29, 1.82) is 0 Å². The Hall–Kier alpha value is 0.137. The van der Waals surface area contributed by atoms with Gasteiger partial charge < -0.3 is 5.32 Å². The second kappa shape index (κ2) is 3.03. The van der Waals surface area contributed by atoms with E-state index in [-0.39, 0.29) is 0 Å². The van der Waals surface area contributed by atoms with Crippen LogP contribution in [0.2, 0.25) is 0 Å². The molecule has 0 aliphatic carbocycles. The highest BCUT2D eigenvalue weighted by atomic mass is 28.1. The van der Waals surface area contributed by atoms with Gasteiger partial charge in [0.15, 0.2) is 0 Å². The maximum Gasteiger partial charge on any atom is 0.0276 e. The highest BCUT2D eigenvalue weighted by Crippen LogP contribution is 2.09. The van der Waals surface area contributed by atoms with Gasteiger partial charge in [0.05, 0.1) is 0 Å². The average Bonchev–Trinajstić information content (AvgIpc) is 1.88. The molecule has 1 saturated heterocycles. The molecule has 2 nitrogen and oxygen atoms in total. The van der Waals surface area contributed by atoms with Gasteiger partial charge in [-0.25, -0.2) is 0 Å². The number of nitrogens with one attached hydrogen (secondary N) is 1. The zero-order valence-electron chi connectivity index (χ0n) is 7.28. The van der Waals surface area contributed by atoms with Crippen LogP contribution in [-0.4, -0.2) is 46.5 Å². The minimum atomic E-state index is 0.502. The van der Waals surface area contributed by atoms with E-state index in [0.29, 0.717) is 5.16 Å². The van der Waals surface area contributed by atoms with Crippen LogP contribution in [-0.2, 0) is 0 Å². The molecule has 0 amide bonds. The van der Waals surface area contributed by atoms with E-state index in [2.05, 4.69) is 24.1 Å². The van der Waals surface area contributed by atoms with E-state index >= 15 is 0 Å². The first-order valence-electron chi connectivity index (χ1n) is 4.06. The molecule has 0 atom stereocenters. The van der Waals surface area contributed by atoms with Crippen molar-refractivity contribution in [2.45, 2.75) is 19.0 Å². The summed E-state index contributed by atoms with van der Waals surface area (Å²) in [5.41, 5.74) is 0. The molecule has 0 bridgehead atoms. The maximum atomic E-state index is 3.36. The summed E-state index contributed by atoms with van der Waals surface area (Å²) in [6.07, 6.45) is 0. The van der Waals surface area contributed by atoms with Gasteiger partial charge >= 0.3 is 0 Å². The molecule has 0 aromatic heterocycles. The Bertz CT molecular complexity index is 103. The molecule has 0 radical (unpaired) electrons. The van der Waals surface area contributed by atoms with E-state index in [1.807, 2.05) is 0 Å². The Morgan fingerprint density at radius 3 is 2.10 bits per heavy atom. The minimum absolute atomic E-state index is 0.502. The molecule has 60 valence electrons. The first kappa shape index (κ1) is 8.24. The SMILES string of the molecule is CC(C)([SiH3])N1CCNCC1. The van der Waals surface area contributed by atoms with Crippen molar-refractivity contribution in [3.63, 3.8) is 0 Å². The predicted molar refractivity (Wildman–Crippen MR) is 48.5 cm³/mol. The summed E-state index contributed by atoms with van der Waals surface area (Å²) in [6.45, 7) is 9.49. The lowest BCUT2D eigenvalue weighted by atomic mass is 10.2. The van der Waals surface area contributed by atoms with Crippen LogP contribution in [0.5, 0.6) is 0 Å². The van der Waals surface area contributed by atoms with Crippen molar-refractivity contribution < 1.29 is 0 Å². The lowest BCUT2D eigenvalue weighted by Gasteiger charge is -2.38. The van der Waals surface area contributed by atoms with E-state index in [9.17, 15) is 0 Å². The molecular weight excluding hydrogens is 140 g/mol. The van der Waals surface area contributed by atoms with Crippen LogP contribution in [0.1, 0.15) is 13.8 Å². The summed E-state index contributed by atoms with van der Waals surface area (Å²) in [5, 5.41) is 3.86. The van der Waals surface area contributed by atoms with Gasteiger partial charge in [0.1, 0.15) is 0 Å². The minimum Gasteiger partial charge on any atom is -0.314 e. The number of nitrogens with zero attached hydrogens (tertiary/aromatic N) is 1. The van der Waals surface area contributed by atoms with Crippen molar-refractivity contribution in [3.8, 4) is 0 Å². The van der Waals surface area contributed by atoms with E-state index in [0.717, 1.165) is 0 Å². The summed E-state index contributed by atoms with van der Waals surface area (Å²) in [6, 6.07) is 0. The third-order valence-corrected chi connectivity index (χ3v) is 2.70. The Labute approximate surface area is 66.4 Å². The fraction of sp³-hybridized carbons (Fsp3) is 1.00. The average molecular weight is 158 g/mol. The van der Waals surface area contributed by atoms with Gasteiger partial charge in [-0.1, -0.05) is 13.8 Å². The lowest BCUT2D eigenvalue weighted by Crippen LogP contribution is -2.53. The first-order chi connectivity index (χ1) is 4.61. The zero-order chi connectivity index (χ0) is 7.61. The van der Waals surface area contributed by atoms with E-state index in [1.54, 1.807) is 0 Å². The van der Waals surface area contributed by atoms with Crippen molar-refractivity contribution in [1.82, 2.24) is 10.2 Å². The molecule has 1 rings (SSSR count). The Kier molecular flexibility index (Phi) is 2.49. The summed E-state index contributed by atoms with van der Waals surface area (Å²) in [7, 11) is 1.27. The molecule has 0 saturated carbocycles. The maximum absolute atomic E-state index is 3.36. The molecule has 1 N–H and O–H groups in total. The highest BCUT2D eigenvalue weighted by molar-refractivity contribution is 6.14. The van der Waals surface area contributed by atoms with Gasteiger partial charge in [0.2, 0.25) is 0 Å². The van der Waals surface area contributed by atoms with Crippen molar-refractivity contribution in [2.75, 3.05) is 26.2 Å². The quantitative estimate of drug-likeness (QED) is 0.492. The van der Waals surface area contributed by atoms with Crippen LogP contribution in [0.4, 0.5) is 0 Å². The first-order valence-corrected chi connectivity index (χ1v) is 5.06. The van der Waals surface area contributed by atoms with Gasteiger partial charge in [-0.2, -0.15) is 0 Å². The number of hydrogen-bond donors (Lipinski definition) is 1. The summed E-state index contributed by atoms with van der Waals surface area (Å²) in [4.78, 5) is 2.58. The molecule has 0 spiro atoms. The van der Waals surface area contributed by atoms with Crippen LogP contribution < -0.4 is 5.32 Å². The van der Waals surface area contributed by atoms with Gasteiger partial charge in [-0.05, 0) is 5.16 Å². The van der Waals surface area contributed by atoms with Crippen molar-refractivity contribution in [2.24, 2.45) is 0 Å². The summed E-state index contributed by atoms with van der Waals surface area (Å²) in [5.74, 6) is 0.